The van der Waals surface area contributed by atoms with Crippen molar-refractivity contribution in [3.63, 3.8) is 0 Å². The summed E-state index contributed by atoms with van der Waals surface area (Å²) in [5.74, 6) is 0.772. The lowest BCUT2D eigenvalue weighted by atomic mass is 10.1. The van der Waals surface area contributed by atoms with Crippen LogP contribution in [0.5, 0.6) is 5.75 Å². The van der Waals surface area contributed by atoms with Crippen LogP contribution in [0.4, 0.5) is 5.69 Å². The molecule has 0 aliphatic carbocycles. The fourth-order valence-electron chi connectivity index (χ4n) is 3.37. The number of thioether (sulfide) groups is 1. The van der Waals surface area contributed by atoms with Crippen molar-refractivity contribution in [2.24, 2.45) is 0 Å². The zero-order chi connectivity index (χ0) is 20.5. The van der Waals surface area contributed by atoms with E-state index in [1.165, 1.54) is 11.8 Å². The number of ether oxygens (including phenoxy) is 1. The van der Waals surface area contributed by atoms with Crippen molar-refractivity contribution in [2.75, 3.05) is 19.1 Å². The summed E-state index contributed by atoms with van der Waals surface area (Å²) in [6.45, 7) is 3.95. The maximum atomic E-state index is 13.0. The molecular weight excluding hydrogens is 384 g/mol. The number of hydrogen-bond donors (Lipinski definition) is 0. The third-order valence-corrected chi connectivity index (χ3v) is 6.01. The third kappa shape index (κ3) is 3.53. The molecule has 2 heterocycles. The molecule has 4 aromatic rings. The lowest BCUT2D eigenvalue weighted by Gasteiger charge is -2.20. The normalized spacial score (nSPS) is 12.3. The Balaban J connectivity index is 1.71. The van der Waals surface area contributed by atoms with Crippen LogP contribution in [-0.2, 0) is 4.79 Å². The minimum atomic E-state index is -0.324. The van der Waals surface area contributed by atoms with Crippen molar-refractivity contribution >= 4 is 39.9 Å². The molecule has 0 spiro atoms. The van der Waals surface area contributed by atoms with E-state index in [0.717, 1.165) is 33.6 Å². The number of methoxy groups -OCH3 is 1. The number of anilines is 1. The first-order chi connectivity index (χ1) is 14.0. The van der Waals surface area contributed by atoms with Gasteiger partial charge in [0, 0.05) is 24.2 Å². The van der Waals surface area contributed by atoms with E-state index >= 15 is 0 Å². The molecule has 0 saturated carbocycles. The van der Waals surface area contributed by atoms with Crippen LogP contribution in [-0.4, -0.2) is 39.9 Å². The molecule has 0 bridgehead atoms. The SMILES string of the molecule is COc1ccc2c(C)cc3nnc(S[C@H](C)C(=O)N(C)c4ccccc4)n3c2c1. The molecule has 2 aromatic heterocycles. The highest BCUT2D eigenvalue weighted by Gasteiger charge is 2.23. The Bertz CT molecular complexity index is 1190. The Morgan fingerprint density at radius 1 is 1.14 bits per heavy atom. The molecule has 2 aromatic carbocycles. The summed E-state index contributed by atoms with van der Waals surface area (Å²) < 4.78 is 7.39. The average molecular weight is 407 g/mol. The van der Waals surface area contributed by atoms with E-state index in [1.54, 1.807) is 19.1 Å². The Kier molecular flexibility index (Phi) is 5.15. The van der Waals surface area contributed by atoms with Crippen molar-refractivity contribution in [1.29, 1.82) is 0 Å². The Morgan fingerprint density at radius 3 is 2.62 bits per heavy atom. The van der Waals surface area contributed by atoms with Crippen molar-refractivity contribution in [3.8, 4) is 5.75 Å². The first-order valence-electron chi connectivity index (χ1n) is 9.31. The molecule has 0 unspecified atom stereocenters. The standard InChI is InChI=1S/C22H22N4O2S/c1-14-12-20-23-24-22(26(20)19-13-17(28-4)10-11-18(14)19)29-15(2)21(27)25(3)16-8-6-5-7-9-16/h5-13,15H,1-4H3/t15-/m1/s1. The van der Waals surface area contributed by atoms with Gasteiger partial charge in [0.2, 0.25) is 5.91 Å². The number of carbonyl (C=O) groups is 1. The van der Waals surface area contributed by atoms with Crippen LogP contribution in [0.1, 0.15) is 12.5 Å². The Morgan fingerprint density at radius 2 is 1.90 bits per heavy atom. The van der Waals surface area contributed by atoms with Gasteiger partial charge in [0.25, 0.3) is 0 Å². The van der Waals surface area contributed by atoms with E-state index in [9.17, 15) is 4.79 Å². The van der Waals surface area contributed by atoms with Crippen LogP contribution < -0.4 is 9.64 Å². The third-order valence-electron chi connectivity index (χ3n) is 4.98. The molecule has 4 rings (SSSR count). The Labute approximate surface area is 173 Å². The van der Waals surface area contributed by atoms with Crippen LogP contribution in [0.3, 0.4) is 0 Å². The highest BCUT2D eigenvalue weighted by Crippen LogP contribution is 2.31. The van der Waals surface area contributed by atoms with Crippen LogP contribution in [0, 0.1) is 6.92 Å². The maximum absolute atomic E-state index is 13.0. The summed E-state index contributed by atoms with van der Waals surface area (Å²) in [4.78, 5) is 14.6. The lowest BCUT2D eigenvalue weighted by molar-refractivity contribution is -0.117. The van der Waals surface area contributed by atoms with Gasteiger partial charge in [-0.1, -0.05) is 30.0 Å². The average Bonchev–Trinajstić information content (AvgIpc) is 3.15. The summed E-state index contributed by atoms with van der Waals surface area (Å²) in [7, 11) is 3.44. The quantitative estimate of drug-likeness (QED) is 0.461. The molecule has 0 N–H and O–H groups in total. The topological polar surface area (TPSA) is 59.7 Å². The van der Waals surface area contributed by atoms with Crippen molar-refractivity contribution in [3.05, 3.63) is 60.2 Å². The number of nitrogens with zero attached hydrogens (tertiary/aromatic N) is 4. The molecule has 29 heavy (non-hydrogen) atoms. The number of amides is 1. The van der Waals surface area contributed by atoms with Gasteiger partial charge in [-0.25, -0.2) is 0 Å². The summed E-state index contributed by atoms with van der Waals surface area (Å²) in [6, 6.07) is 17.6. The molecule has 1 amide bonds. The summed E-state index contributed by atoms with van der Waals surface area (Å²) in [5.41, 5.74) is 3.69. The molecule has 148 valence electrons. The van der Waals surface area contributed by atoms with E-state index in [2.05, 4.69) is 17.1 Å². The van der Waals surface area contributed by atoms with E-state index in [4.69, 9.17) is 4.74 Å². The number of benzene rings is 2. The minimum absolute atomic E-state index is 0.00643. The van der Waals surface area contributed by atoms with Crippen molar-refractivity contribution in [2.45, 2.75) is 24.3 Å². The first kappa shape index (κ1) is 19.3. The number of fused-ring (bicyclic) bond motifs is 3. The van der Waals surface area contributed by atoms with Gasteiger partial charge >= 0.3 is 0 Å². The van der Waals surface area contributed by atoms with Gasteiger partial charge in [-0.15, -0.1) is 10.2 Å². The highest BCUT2D eigenvalue weighted by atomic mass is 32.2. The van der Waals surface area contributed by atoms with Gasteiger partial charge in [-0.2, -0.15) is 0 Å². The second-order valence-corrected chi connectivity index (χ2v) is 8.19. The predicted octanol–water partition coefficient (Wildman–Crippen LogP) is 4.34. The molecule has 6 nitrogen and oxygen atoms in total. The van der Waals surface area contributed by atoms with E-state index < -0.39 is 0 Å². The van der Waals surface area contributed by atoms with Gasteiger partial charge < -0.3 is 9.64 Å². The monoisotopic (exact) mass is 406 g/mol. The number of aromatic nitrogens is 3. The number of hydrogen-bond acceptors (Lipinski definition) is 5. The van der Waals surface area contributed by atoms with Crippen molar-refractivity contribution in [1.82, 2.24) is 14.6 Å². The van der Waals surface area contributed by atoms with Gasteiger partial charge in [0.05, 0.1) is 17.9 Å². The number of rotatable bonds is 5. The zero-order valence-electron chi connectivity index (χ0n) is 16.8. The largest absolute Gasteiger partial charge is 0.497 e. The summed E-state index contributed by atoms with van der Waals surface area (Å²) in [5, 5.41) is 10.1. The lowest BCUT2D eigenvalue weighted by Crippen LogP contribution is -2.33. The van der Waals surface area contributed by atoms with Gasteiger partial charge in [0.1, 0.15) is 5.75 Å². The zero-order valence-corrected chi connectivity index (χ0v) is 17.6. The fraction of sp³-hybridized carbons (Fsp3) is 0.227. The number of para-hydroxylation sites is 1. The van der Waals surface area contributed by atoms with Crippen LogP contribution in [0.25, 0.3) is 16.6 Å². The molecular formula is C22H22N4O2S. The summed E-state index contributed by atoms with van der Waals surface area (Å²) in [6.07, 6.45) is 0. The van der Waals surface area contributed by atoms with Gasteiger partial charge in [-0.05, 0) is 49.7 Å². The van der Waals surface area contributed by atoms with E-state index in [-0.39, 0.29) is 11.2 Å². The molecule has 7 heteroatoms. The number of aryl methyl sites for hydroxylation is 1. The molecule has 0 fully saturated rings. The molecule has 0 saturated heterocycles. The van der Waals surface area contributed by atoms with Crippen LogP contribution in [0.2, 0.25) is 0 Å². The fourth-order valence-corrected chi connectivity index (χ4v) is 4.33. The number of carbonyl (C=O) groups excluding carboxylic acids is 1. The first-order valence-corrected chi connectivity index (χ1v) is 10.2. The van der Waals surface area contributed by atoms with Crippen LogP contribution >= 0.6 is 11.8 Å². The van der Waals surface area contributed by atoms with E-state index in [1.807, 2.05) is 65.9 Å². The highest BCUT2D eigenvalue weighted by molar-refractivity contribution is 8.00. The number of pyridine rings is 1. The smallest absolute Gasteiger partial charge is 0.240 e. The van der Waals surface area contributed by atoms with Gasteiger partial charge in [0.15, 0.2) is 10.8 Å². The second-order valence-electron chi connectivity index (χ2n) is 6.88. The van der Waals surface area contributed by atoms with Gasteiger partial charge in [-0.3, -0.25) is 9.20 Å². The Hall–Kier alpha value is -3.06. The molecule has 0 aliphatic rings. The predicted molar refractivity (Wildman–Crippen MR) is 117 cm³/mol. The second kappa shape index (κ2) is 7.75. The van der Waals surface area contributed by atoms with Crippen molar-refractivity contribution < 1.29 is 9.53 Å². The molecule has 1 atom stereocenters. The maximum Gasteiger partial charge on any atom is 0.240 e. The minimum Gasteiger partial charge on any atom is -0.497 e. The molecule has 0 radical (unpaired) electrons. The summed E-state index contributed by atoms with van der Waals surface area (Å²) >= 11 is 1.40. The van der Waals surface area contributed by atoms with Crippen LogP contribution in [0.15, 0.2) is 59.8 Å². The molecule has 0 aliphatic heterocycles. The van der Waals surface area contributed by atoms with E-state index in [0.29, 0.717) is 5.16 Å².